The number of fused-ring (bicyclic) bond motifs is 1. The van der Waals surface area contributed by atoms with Gasteiger partial charge in [-0.3, -0.25) is 4.98 Å². The number of pyridine rings is 3. The number of halogens is 2. The van der Waals surface area contributed by atoms with Crippen molar-refractivity contribution >= 4 is 42.6 Å². The molecule has 0 saturated carbocycles. The highest BCUT2D eigenvalue weighted by molar-refractivity contribution is 9.10. The standard InChI is InChI=1S/C13H7Br2N3/c14-12-6-8(1-4-17-12)11-5-9-7-16-3-2-10(9)13(15)18-11/h1-7H. The van der Waals surface area contributed by atoms with Gasteiger partial charge in [0, 0.05) is 34.9 Å². The Labute approximate surface area is 121 Å². The molecular weight excluding hydrogens is 358 g/mol. The van der Waals surface area contributed by atoms with Gasteiger partial charge in [-0.25, -0.2) is 9.97 Å². The van der Waals surface area contributed by atoms with Gasteiger partial charge in [0.1, 0.15) is 9.21 Å². The van der Waals surface area contributed by atoms with E-state index in [0.29, 0.717) is 0 Å². The van der Waals surface area contributed by atoms with E-state index in [0.717, 1.165) is 31.2 Å². The van der Waals surface area contributed by atoms with Crippen LogP contribution < -0.4 is 0 Å². The lowest BCUT2D eigenvalue weighted by molar-refractivity contribution is 1.25. The van der Waals surface area contributed by atoms with Crippen LogP contribution in [0.1, 0.15) is 0 Å². The van der Waals surface area contributed by atoms with Crippen LogP contribution in [0, 0.1) is 0 Å². The maximum absolute atomic E-state index is 4.55. The molecule has 0 aliphatic rings. The fraction of sp³-hybridized carbons (Fsp3) is 0. The van der Waals surface area contributed by atoms with Crippen LogP contribution >= 0.6 is 31.9 Å². The monoisotopic (exact) mass is 363 g/mol. The van der Waals surface area contributed by atoms with Crippen LogP contribution in [-0.4, -0.2) is 15.0 Å². The molecule has 0 aliphatic carbocycles. The van der Waals surface area contributed by atoms with Crippen molar-refractivity contribution in [1.82, 2.24) is 15.0 Å². The average molecular weight is 365 g/mol. The minimum absolute atomic E-state index is 0.796. The van der Waals surface area contributed by atoms with Crippen LogP contribution in [0.3, 0.4) is 0 Å². The molecule has 5 heteroatoms. The molecule has 0 fully saturated rings. The first-order valence-electron chi connectivity index (χ1n) is 5.26. The third kappa shape index (κ3) is 2.15. The van der Waals surface area contributed by atoms with Crippen molar-refractivity contribution in [3.05, 3.63) is 52.1 Å². The molecule has 0 unspecified atom stereocenters. The first-order chi connectivity index (χ1) is 8.74. The van der Waals surface area contributed by atoms with E-state index < -0.39 is 0 Å². The van der Waals surface area contributed by atoms with Gasteiger partial charge in [-0.15, -0.1) is 0 Å². The molecule has 18 heavy (non-hydrogen) atoms. The lowest BCUT2D eigenvalue weighted by Crippen LogP contribution is -1.88. The first-order valence-corrected chi connectivity index (χ1v) is 6.85. The zero-order valence-electron chi connectivity index (χ0n) is 9.14. The second kappa shape index (κ2) is 4.74. The van der Waals surface area contributed by atoms with Gasteiger partial charge in [0.05, 0.1) is 5.69 Å². The lowest BCUT2D eigenvalue weighted by atomic mass is 10.1. The molecule has 0 saturated heterocycles. The van der Waals surface area contributed by atoms with E-state index in [-0.39, 0.29) is 0 Å². The number of hydrogen-bond donors (Lipinski definition) is 0. The zero-order chi connectivity index (χ0) is 12.5. The van der Waals surface area contributed by atoms with Gasteiger partial charge in [-0.1, -0.05) is 0 Å². The molecule has 0 atom stereocenters. The molecule has 3 nitrogen and oxygen atoms in total. The van der Waals surface area contributed by atoms with Crippen molar-refractivity contribution in [2.24, 2.45) is 0 Å². The molecular formula is C13H7Br2N3. The largest absolute Gasteiger partial charge is 0.264 e. The van der Waals surface area contributed by atoms with E-state index in [4.69, 9.17) is 0 Å². The molecule has 0 aromatic carbocycles. The van der Waals surface area contributed by atoms with Crippen molar-refractivity contribution in [2.45, 2.75) is 0 Å². The number of hydrogen-bond acceptors (Lipinski definition) is 3. The average Bonchev–Trinajstić information content (AvgIpc) is 2.39. The van der Waals surface area contributed by atoms with Gasteiger partial charge in [0.25, 0.3) is 0 Å². The Morgan fingerprint density at radius 3 is 2.72 bits per heavy atom. The third-order valence-corrected chi connectivity index (χ3v) is 3.65. The summed E-state index contributed by atoms with van der Waals surface area (Å²) in [5.74, 6) is 0. The highest BCUT2D eigenvalue weighted by atomic mass is 79.9. The molecule has 3 heterocycles. The zero-order valence-corrected chi connectivity index (χ0v) is 12.3. The number of nitrogens with zero attached hydrogens (tertiary/aromatic N) is 3. The Morgan fingerprint density at radius 1 is 1.00 bits per heavy atom. The molecule has 0 bridgehead atoms. The maximum atomic E-state index is 4.55. The van der Waals surface area contributed by atoms with E-state index in [1.807, 2.05) is 30.5 Å². The van der Waals surface area contributed by atoms with Crippen LogP contribution in [-0.2, 0) is 0 Å². The van der Waals surface area contributed by atoms with Crippen LogP contribution in [0.2, 0.25) is 0 Å². The van der Waals surface area contributed by atoms with E-state index in [1.54, 1.807) is 12.4 Å². The van der Waals surface area contributed by atoms with Crippen molar-refractivity contribution in [2.75, 3.05) is 0 Å². The van der Waals surface area contributed by atoms with Crippen LogP contribution in [0.4, 0.5) is 0 Å². The fourth-order valence-corrected chi connectivity index (χ4v) is 2.68. The Morgan fingerprint density at radius 2 is 1.89 bits per heavy atom. The van der Waals surface area contributed by atoms with Crippen molar-refractivity contribution in [3.8, 4) is 11.3 Å². The Hall–Kier alpha value is -1.33. The Balaban J connectivity index is 2.24. The van der Waals surface area contributed by atoms with Crippen LogP contribution in [0.5, 0.6) is 0 Å². The fourth-order valence-electron chi connectivity index (χ4n) is 1.76. The second-order valence-electron chi connectivity index (χ2n) is 3.76. The summed E-state index contributed by atoms with van der Waals surface area (Å²) in [6, 6.07) is 7.84. The summed E-state index contributed by atoms with van der Waals surface area (Å²) >= 11 is 6.86. The third-order valence-electron chi connectivity index (χ3n) is 2.61. The summed E-state index contributed by atoms with van der Waals surface area (Å²) < 4.78 is 1.62. The summed E-state index contributed by atoms with van der Waals surface area (Å²) in [6.45, 7) is 0. The first kappa shape index (κ1) is 11.7. The Kier molecular flexibility index (Phi) is 3.09. The summed E-state index contributed by atoms with van der Waals surface area (Å²) in [5, 5.41) is 2.11. The lowest BCUT2D eigenvalue weighted by Gasteiger charge is -2.05. The predicted octanol–water partition coefficient (Wildman–Crippen LogP) is 4.22. The molecule has 0 N–H and O–H groups in total. The molecule has 3 aromatic heterocycles. The summed E-state index contributed by atoms with van der Waals surface area (Å²) in [5.41, 5.74) is 1.91. The molecule has 0 radical (unpaired) electrons. The maximum Gasteiger partial charge on any atom is 0.114 e. The van der Waals surface area contributed by atoms with Gasteiger partial charge in [-0.05, 0) is 56.1 Å². The van der Waals surface area contributed by atoms with Gasteiger partial charge >= 0.3 is 0 Å². The van der Waals surface area contributed by atoms with E-state index >= 15 is 0 Å². The van der Waals surface area contributed by atoms with E-state index in [2.05, 4.69) is 46.8 Å². The molecule has 3 rings (SSSR count). The molecule has 3 aromatic rings. The molecule has 88 valence electrons. The van der Waals surface area contributed by atoms with Gasteiger partial charge in [-0.2, -0.15) is 0 Å². The SMILES string of the molecule is Brc1cc(-c2cc3cnccc3c(Br)n2)ccn1. The Bertz CT molecular complexity index is 728. The number of aromatic nitrogens is 3. The summed E-state index contributed by atoms with van der Waals surface area (Å²) in [4.78, 5) is 12.8. The smallest absolute Gasteiger partial charge is 0.114 e. The highest BCUT2D eigenvalue weighted by Gasteiger charge is 2.06. The van der Waals surface area contributed by atoms with Crippen molar-refractivity contribution < 1.29 is 0 Å². The normalized spacial score (nSPS) is 10.8. The molecule has 0 aliphatic heterocycles. The quantitative estimate of drug-likeness (QED) is 0.607. The highest BCUT2D eigenvalue weighted by Crippen LogP contribution is 2.27. The molecule has 0 amide bonds. The van der Waals surface area contributed by atoms with Gasteiger partial charge in [0.15, 0.2) is 0 Å². The minimum atomic E-state index is 0.796. The van der Waals surface area contributed by atoms with Gasteiger partial charge in [0.2, 0.25) is 0 Å². The van der Waals surface area contributed by atoms with Gasteiger partial charge < -0.3 is 0 Å². The summed E-state index contributed by atoms with van der Waals surface area (Å²) in [7, 11) is 0. The number of rotatable bonds is 1. The topological polar surface area (TPSA) is 38.7 Å². The summed E-state index contributed by atoms with van der Waals surface area (Å²) in [6.07, 6.45) is 5.35. The van der Waals surface area contributed by atoms with Crippen LogP contribution in [0.15, 0.2) is 52.1 Å². The van der Waals surface area contributed by atoms with Crippen molar-refractivity contribution in [3.63, 3.8) is 0 Å². The predicted molar refractivity (Wildman–Crippen MR) is 78.2 cm³/mol. The second-order valence-corrected chi connectivity index (χ2v) is 5.33. The minimum Gasteiger partial charge on any atom is -0.264 e. The molecule has 0 spiro atoms. The van der Waals surface area contributed by atoms with E-state index in [1.165, 1.54) is 0 Å². The van der Waals surface area contributed by atoms with Crippen molar-refractivity contribution in [1.29, 1.82) is 0 Å². The van der Waals surface area contributed by atoms with E-state index in [9.17, 15) is 0 Å². The van der Waals surface area contributed by atoms with Crippen LogP contribution in [0.25, 0.3) is 22.0 Å².